The highest BCUT2D eigenvalue weighted by atomic mass is 15.0. The van der Waals surface area contributed by atoms with Gasteiger partial charge >= 0.3 is 0 Å². The maximum absolute atomic E-state index is 5.77. The topological polar surface area (TPSA) is 74.9 Å². The van der Waals surface area contributed by atoms with Gasteiger partial charge in [0.2, 0.25) is 0 Å². The Balaban J connectivity index is 0.900. The van der Waals surface area contributed by atoms with E-state index in [1.165, 1.54) is 77.5 Å². The molecule has 0 bridgehead atoms. The summed E-state index contributed by atoms with van der Waals surface area (Å²) in [6.07, 6.45) is 12.9. The Kier molecular flexibility index (Phi) is 9.02. The predicted octanol–water partition coefficient (Wildman–Crippen LogP) is 16.4. The quantitative estimate of drug-likeness (QED) is 0.180. The second-order valence-corrected chi connectivity index (χ2v) is 20.9. The van der Waals surface area contributed by atoms with Crippen LogP contribution in [0.2, 0.25) is 0 Å². The average molecular weight is 959 g/mol. The molecule has 0 spiro atoms. The minimum atomic E-state index is -0.496. The van der Waals surface area contributed by atoms with Crippen LogP contribution in [0.15, 0.2) is 227 Å². The number of fused-ring (bicyclic) bond motifs is 9. The Morgan fingerprint density at radius 2 is 1.25 bits per heavy atom. The fourth-order valence-corrected chi connectivity index (χ4v) is 13.0. The number of anilines is 1. The van der Waals surface area contributed by atoms with Crippen LogP contribution in [0.1, 0.15) is 70.2 Å². The summed E-state index contributed by atoms with van der Waals surface area (Å²) in [4.78, 5) is 26.1. The van der Waals surface area contributed by atoms with Gasteiger partial charge in [-0.1, -0.05) is 176 Å². The van der Waals surface area contributed by atoms with Gasteiger partial charge in [-0.15, -0.1) is 0 Å². The number of amidine groups is 1. The van der Waals surface area contributed by atoms with E-state index in [2.05, 4.69) is 182 Å². The lowest BCUT2D eigenvalue weighted by Gasteiger charge is -2.33. The highest BCUT2D eigenvalue weighted by Crippen LogP contribution is 2.55. The molecule has 10 aromatic rings. The van der Waals surface area contributed by atoms with E-state index in [0.717, 1.165) is 80.2 Å². The van der Waals surface area contributed by atoms with E-state index in [4.69, 9.17) is 24.9 Å². The number of rotatable bonds is 6. The Labute approximate surface area is 434 Å². The van der Waals surface area contributed by atoms with Gasteiger partial charge in [-0.25, -0.2) is 15.0 Å². The molecule has 1 N–H and O–H groups in total. The number of allylic oxidation sites excluding steroid dienone is 5. The molecule has 0 amide bonds. The van der Waals surface area contributed by atoms with Gasteiger partial charge in [0.25, 0.3) is 0 Å². The predicted molar refractivity (Wildman–Crippen MR) is 309 cm³/mol. The number of aromatic nitrogens is 2. The molecule has 6 aliphatic rings. The van der Waals surface area contributed by atoms with E-state index < -0.39 is 5.54 Å². The third-order valence-electron chi connectivity index (χ3n) is 16.7. The van der Waals surface area contributed by atoms with E-state index in [0.29, 0.717) is 11.8 Å². The Bertz CT molecular complexity index is 4310. The molecule has 2 aliphatic heterocycles. The Morgan fingerprint density at radius 1 is 0.560 bits per heavy atom. The lowest BCUT2D eigenvalue weighted by molar-refractivity contribution is 0.748. The average Bonchev–Trinajstić information content (AvgIpc) is 3.98. The monoisotopic (exact) mass is 958 g/mol. The summed E-state index contributed by atoms with van der Waals surface area (Å²) >= 11 is 0. The van der Waals surface area contributed by atoms with Crippen molar-refractivity contribution in [3.8, 4) is 44.6 Å². The molecule has 3 unspecified atom stereocenters. The minimum absolute atomic E-state index is 0.155. The summed E-state index contributed by atoms with van der Waals surface area (Å²) < 4.78 is 0. The summed E-state index contributed by atoms with van der Waals surface area (Å²) in [5.74, 6) is 0.854. The van der Waals surface area contributed by atoms with Crippen LogP contribution >= 0.6 is 0 Å². The molecule has 0 saturated carbocycles. The first-order valence-electron chi connectivity index (χ1n) is 26.1. The molecule has 9 aromatic carbocycles. The number of nitrogens with zero attached hydrogens (tertiary/aromatic N) is 5. The molecule has 3 heterocycles. The number of hydrogen-bond donors (Lipinski definition) is 1. The molecule has 1 aromatic heterocycles. The molecule has 0 fully saturated rings. The lowest BCUT2D eigenvalue weighted by atomic mass is 9.75. The maximum atomic E-state index is 5.77. The number of para-hydroxylation sites is 4. The van der Waals surface area contributed by atoms with Crippen LogP contribution in [0.5, 0.6) is 0 Å². The molecule has 352 valence electrons. The van der Waals surface area contributed by atoms with Gasteiger partial charge < -0.3 is 5.32 Å². The van der Waals surface area contributed by atoms with Crippen molar-refractivity contribution in [2.24, 2.45) is 20.9 Å². The molecule has 75 heavy (non-hydrogen) atoms. The number of hydrogen-bond acceptors (Lipinski definition) is 6. The second kappa shape index (κ2) is 16.1. The Morgan fingerprint density at radius 3 is 2.12 bits per heavy atom. The third kappa shape index (κ3) is 6.42. The zero-order chi connectivity index (χ0) is 49.4. The van der Waals surface area contributed by atoms with Gasteiger partial charge in [0.15, 0.2) is 5.84 Å². The van der Waals surface area contributed by atoms with Crippen molar-refractivity contribution < 1.29 is 0 Å². The zero-order valence-electron chi connectivity index (χ0n) is 41.1. The smallest absolute Gasteiger partial charge is 0.159 e. The van der Waals surface area contributed by atoms with Crippen molar-refractivity contribution in [2.45, 2.75) is 31.2 Å². The molecular weight excluding hydrogens is 913 g/mol. The summed E-state index contributed by atoms with van der Waals surface area (Å²) in [5.41, 5.74) is 27.1. The number of benzene rings is 9. The molecule has 4 aliphatic carbocycles. The van der Waals surface area contributed by atoms with Crippen LogP contribution in [-0.2, 0) is 5.54 Å². The first-order valence-corrected chi connectivity index (χ1v) is 26.1. The third-order valence-corrected chi connectivity index (χ3v) is 16.7. The number of nitrogens with one attached hydrogen (secondary N) is 1. The van der Waals surface area contributed by atoms with Crippen LogP contribution in [0.3, 0.4) is 0 Å². The van der Waals surface area contributed by atoms with Crippen molar-refractivity contribution in [2.75, 3.05) is 5.32 Å². The highest BCUT2D eigenvalue weighted by Gasteiger charge is 2.38. The first-order chi connectivity index (χ1) is 37.0. The molecule has 3 atom stereocenters. The SMILES string of the molecule is CC1(c2ccc(C3=NC4=C(c5ccc6c7c5C=CCC7c5ccccc5-6)C=C(c5ccc6c7c(cccc57)-c5ccccc5-6)CC4C(c4ccc(-c5cnc6ccccc6n5)cc4)=N3)cc2)C=Nc2ccccc2N1. The van der Waals surface area contributed by atoms with E-state index >= 15 is 0 Å². The second-order valence-electron chi connectivity index (χ2n) is 20.9. The van der Waals surface area contributed by atoms with Gasteiger partial charge in [0, 0.05) is 34.8 Å². The van der Waals surface area contributed by atoms with Crippen molar-refractivity contribution >= 4 is 68.2 Å². The molecule has 6 nitrogen and oxygen atoms in total. The van der Waals surface area contributed by atoms with E-state index in [1.54, 1.807) is 0 Å². The van der Waals surface area contributed by atoms with Crippen LogP contribution in [0.25, 0.3) is 83.7 Å². The molecule has 16 rings (SSSR count). The summed E-state index contributed by atoms with van der Waals surface area (Å²) in [5, 5.41) is 6.35. The largest absolute Gasteiger partial charge is 0.369 e. The minimum Gasteiger partial charge on any atom is -0.369 e. The van der Waals surface area contributed by atoms with Crippen LogP contribution in [-0.4, -0.2) is 27.7 Å². The summed E-state index contributed by atoms with van der Waals surface area (Å²) in [6.45, 7) is 2.18. The molecule has 6 heteroatoms. The lowest BCUT2D eigenvalue weighted by Crippen LogP contribution is -2.35. The van der Waals surface area contributed by atoms with Gasteiger partial charge in [-0.2, -0.15) is 0 Å². The molecular formula is C69H46N6. The maximum Gasteiger partial charge on any atom is 0.159 e. The van der Waals surface area contributed by atoms with Gasteiger partial charge in [0.05, 0.1) is 51.2 Å². The van der Waals surface area contributed by atoms with Gasteiger partial charge in [-0.05, 0) is 139 Å². The van der Waals surface area contributed by atoms with Crippen LogP contribution < -0.4 is 5.32 Å². The molecule has 0 saturated heterocycles. The van der Waals surface area contributed by atoms with Crippen molar-refractivity contribution in [1.82, 2.24) is 9.97 Å². The fraction of sp³-hybridized carbons (Fsp3) is 0.0870. The standard InChI is InChI=1S/C69H46N6/c1-69(39-71-60-21-7-9-23-62(60)75-69)44-30-28-42(29-31-44)68-73-66(41-26-24-40(25-27-41)63-38-70-59-20-6-8-22-61(59)72-63)58-37-43(45-32-34-55-48-14-4-2-12-46(48)52-17-10-16-51(45)64(52)55)36-57(67(58)74-68)50-33-35-56-49-15-5-3-13-47(49)53-18-11-19-54(50)65(53)56/h2-17,19-36,38-39,53,58,75H,18,37H2,1H3. The van der Waals surface area contributed by atoms with E-state index in [9.17, 15) is 0 Å². The van der Waals surface area contributed by atoms with Crippen LogP contribution in [0, 0.1) is 5.92 Å². The normalized spacial score (nSPS) is 19.1. The summed E-state index contributed by atoms with van der Waals surface area (Å²) in [6, 6.07) is 68.0. The Hall–Kier alpha value is -9.39. The molecule has 0 radical (unpaired) electrons. The zero-order valence-corrected chi connectivity index (χ0v) is 41.1. The van der Waals surface area contributed by atoms with E-state index in [1.807, 2.05) is 48.8 Å². The van der Waals surface area contributed by atoms with Gasteiger partial charge in [0.1, 0.15) is 0 Å². The van der Waals surface area contributed by atoms with Crippen LogP contribution in [0.4, 0.5) is 11.4 Å². The van der Waals surface area contributed by atoms with Crippen molar-refractivity contribution in [3.63, 3.8) is 0 Å². The number of aliphatic imine (C=N–C) groups is 3. The summed E-state index contributed by atoms with van der Waals surface area (Å²) in [7, 11) is 0. The highest BCUT2D eigenvalue weighted by molar-refractivity contribution is 6.21. The van der Waals surface area contributed by atoms with Crippen molar-refractivity contribution in [3.05, 3.63) is 257 Å². The van der Waals surface area contributed by atoms with E-state index in [-0.39, 0.29) is 5.92 Å². The first kappa shape index (κ1) is 42.1. The van der Waals surface area contributed by atoms with Crippen molar-refractivity contribution in [1.29, 1.82) is 0 Å². The van der Waals surface area contributed by atoms with Gasteiger partial charge in [-0.3, -0.25) is 9.98 Å². The fourth-order valence-electron chi connectivity index (χ4n) is 13.0.